The molecule has 1 heterocycles. The highest BCUT2D eigenvalue weighted by molar-refractivity contribution is 6.08. The molecule has 0 atom stereocenters. The van der Waals surface area contributed by atoms with E-state index < -0.39 is 0 Å². The Morgan fingerprint density at radius 3 is 2.75 bits per heavy atom. The van der Waals surface area contributed by atoms with Crippen molar-refractivity contribution in [2.24, 2.45) is 0 Å². The first-order valence-electron chi connectivity index (χ1n) is 3.78. The number of Topliss-reactive ketones (excluding diaryl/α,β-unsaturated/α-hetero) is 1. The molecule has 1 aromatic rings. The fourth-order valence-electron chi connectivity index (χ4n) is 0.744. The van der Waals surface area contributed by atoms with Crippen LogP contribution in [0, 0.1) is 11.8 Å². The minimum absolute atomic E-state index is 0.140. The van der Waals surface area contributed by atoms with E-state index in [-0.39, 0.29) is 5.78 Å². The number of aromatic nitrogens is 1. The van der Waals surface area contributed by atoms with Crippen LogP contribution in [0.5, 0.6) is 0 Å². The van der Waals surface area contributed by atoms with Gasteiger partial charge < -0.3 is 0 Å². The van der Waals surface area contributed by atoms with Crippen molar-refractivity contribution in [3.05, 3.63) is 30.1 Å². The van der Waals surface area contributed by atoms with Crippen molar-refractivity contribution >= 4 is 5.78 Å². The van der Waals surface area contributed by atoms with Crippen molar-refractivity contribution in [2.45, 2.75) is 13.3 Å². The summed E-state index contributed by atoms with van der Waals surface area (Å²) in [6, 6.07) is 3.32. The number of hydrogen-bond acceptors (Lipinski definition) is 2. The molecule has 0 saturated heterocycles. The van der Waals surface area contributed by atoms with E-state index in [0.29, 0.717) is 12.0 Å². The van der Waals surface area contributed by atoms with E-state index >= 15 is 0 Å². The molecule has 0 amide bonds. The molecule has 0 spiro atoms. The summed E-state index contributed by atoms with van der Waals surface area (Å²) in [4.78, 5) is 15.0. The first kappa shape index (κ1) is 8.48. The Morgan fingerprint density at radius 1 is 1.50 bits per heavy atom. The van der Waals surface area contributed by atoms with Gasteiger partial charge in [-0.3, -0.25) is 9.78 Å². The van der Waals surface area contributed by atoms with Gasteiger partial charge >= 0.3 is 0 Å². The minimum atomic E-state index is -0.140. The van der Waals surface area contributed by atoms with E-state index in [1.165, 1.54) is 0 Å². The number of carbonyl (C=O) groups is 1. The van der Waals surface area contributed by atoms with Gasteiger partial charge in [-0.1, -0.05) is 12.8 Å². The molecule has 0 aromatic carbocycles. The Bertz CT molecular complexity index is 319. The molecule has 0 N–H and O–H groups in total. The average Bonchev–Trinajstić information content (AvgIpc) is 2.15. The van der Waals surface area contributed by atoms with Crippen molar-refractivity contribution in [3.63, 3.8) is 0 Å². The number of hydrogen-bond donors (Lipinski definition) is 0. The second-order valence-corrected chi connectivity index (χ2v) is 2.22. The zero-order valence-corrected chi connectivity index (χ0v) is 6.87. The van der Waals surface area contributed by atoms with E-state index in [0.717, 1.165) is 0 Å². The zero-order valence-electron chi connectivity index (χ0n) is 6.87. The summed E-state index contributed by atoms with van der Waals surface area (Å²) < 4.78 is 0. The van der Waals surface area contributed by atoms with Crippen LogP contribution in [0.1, 0.15) is 23.7 Å². The van der Waals surface area contributed by atoms with E-state index in [1.807, 2.05) is 6.92 Å². The van der Waals surface area contributed by atoms with Crippen molar-refractivity contribution in [1.82, 2.24) is 4.98 Å². The van der Waals surface area contributed by atoms with Crippen LogP contribution in [0.2, 0.25) is 0 Å². The normalized spacial score (nSPS) is 8.42. The largest absolute Gasteiger partial charge is 0.279 e. The Morgan fingerprint density at radius 2 is 2.17 bits per heavy atom. The molecule has 0 radical (unpaired) electrons. The van der Waals surface area contributed by atoms with Crippen LogP contribution in [0.3, 0.4) is 0 Å². The van der Waals surface area contributed by atoms with Gasteiger partial charge in [0.05, 0.1) is 0 Å². The quantitative estimate of drug-likeness (QED) is 0.354. The number of pyridine rings is 1. The maximum absolute atomic E-state index is 11.2. The summed E-state index contributed by atoms with van der Waals surface area (Å²) >= 11 is 0. The molecule has 1 rings (SSSR count). The molecule has 12 heavy (non-hydrogen) atoms. The molecular weight excluding hydrogens is 150 g/mol. The fraction of sp³-hybridized carbons (Fsp3) is 0.200. The molecule has 2 heteroatoms. The van der Waals surface area contributed by atoms with Crippen molar-refractivity contribution in [3.8, 4) is 11.8 Å². The number of nitrogens with zero attached hydrogens (tertiary/aromatic N) is 1. The summed E-state index contributed by atoms with van der Waals surface area (Å²) in [5.41, 5.74) is 0.603. The third-order valence-corrected chi connectivity index (χ3v) is 1.32. The number of ketones is 1. The molecule has 60 valence electrons. The van der Waals surface area contributed by atoms with Crippen LogP contribution in [-0.2, 0) is 0 Å². The van der Waals surface area contributed by atoms with Gasteiger partial charge in [0, 0.05) is 24.4 Å². The standard InChI is InChI=1S/C10H9NO/c1-2-3-4-10(12)9-5-7-11-8-6-9/h5-8H,2H2,1H3. The van der Waals surface area contributed by atoms with Gasteiger partial charge in [-0.05, 0) is 18.1 Å². The second-order valence-electron chi connectivity index (χ2n) is 2.22. The Hall–Kier alpha value is -1.62. The second kappa shape index (κ2) is 4.30. The van der Waals surface area contributed by atoms with E-state index in [9.17, 15) is 4.79 Å². The zero-order chi connectivity index (χ0) is 8.81. The van der Waals surface area contributed by atoms with E-state index in [1.54, 1.807) is 24.5 Å². The van der Waals surface area contributed by atoms with Crippen LogP contribution < -0.4 is 0 Å². The summed E-state index contributed by atoms with van der Waals surface area (Å²) in [5, 5.41) is 0. The number of rotatable bonds is 1. The monoisotopic (exact) mass is 159 g/mol. The predicted octanol–water partition coefficient (Wildman–Crippen LogP) is 1.68. The number of carbonyl (C=O) groups excluding carboxylic acids is 1. The fourth-order valence-corrected chi connectivity index (χ4v) is 0.744. The molecule has 0 aliphatic rings. The van der Waals surface area contributed by atoms with Gasteiger partial charge in [-0.15, -0.1) is 0 Å². The van der Waals surface area contributed by atoms with E-state index in [4.69, 9.17) is 0 Å². The van der Waals surface area contributed by atoms with Crippen LogP contribution >= 0.6 is 0 Å². The van der Waals surface area contributed by atoms with Crippen LogP contribution in [0.25, 0.3) is 0 Å². The van der Waals surface area contributed by atoms with Crippen LogP contribution in [0.4, 0.5) is 0 Å². The lowest BCUT2D eigenvalue weighted by atomic mass is 10.2. The lowest BCUT2D eigenvalue weighted by molar-refractivity contribution is 0.105. The average molecular weight is 159 g/mol. The van der Waals surface area contributed by atoms with Gasteiger partial charge in [0.2, 0.25) is 5.78 Å². The third-order valence-electron chi connectivity index (χ3n) is 1.32. The maximum atomic E-state index is 11.2. The molecule has 0 aliphatic carbocycles. The van der Waals surface area contributed by atoms with Gasteiger partial charge in [0.25, 0.3) is 0 Å². The molecule has 0 fully saturated rings. The molecular formula is C10H9NO. The predicted molar refractivity (Wildman–Crippen MR) is 46.6 cm³/mol. The first-order valence-corrected chi connectivity index (χ1v) is 3.78. The summed E-state index contributed by atoms with van der Waals surface area (Å²) in [5.74, 6) is 5.12. The molecule has 2 nitrogen and oxygen atoms in total. The van der Waals surface area contributed by atoms with Crippen molar-refractivity contribution in [2.75, 3.05) is 0 Å². The highest BCUT2D eigenvalue weighted by atomic mass is 16.1. The van der Waals surface area contributed by atoms with Crippen molar-refractivity contribution < 1.29 is 4.79 Å². The molecule has 0 unspecified atom stereocenters. The van der Waals surface area contributed by atoms with Crippen LogP contribution in [-0.4, -0.2) is 10.8 Å². The van der Waals surface area contributed by atoms with Gasteiger partial charge in [-0.2, -0.15) is 0 Å². The smallest absolute Gasteiger partial charge is 0.235 e. The van der Waals surface area contributed by atoms with Crippen LogP contribution in [0.15, 0.2) is 24.5 Å². The summed E-state index contributed by atoms with van der Waals surface area (Å²) in [6.45, 7) is 1.91. The Kier molecular flexibility index (Phi) is 3.04. The lowest BCUT2D eigenvalue weighted by Gasteiger charge is -1.89. The first-order chi connectivity index (χ1) is 5.84. The Labute approximate surface area is 71.6 Å². The van der Waals surface area contributed by atoms with Crippen molar-refractivity contribution in [1.29, 1.82) is 0 Å². The highest BCUT2D eigenvalue weighted by Gasteiger charge is 1.98. The maximum Gasteiger partial charge on any atom is 0.235 e. The Balaban J connectivity index is 2.79. The van der Waals surface area contributed by atoms with E-state index in [2.05, 4.69) is 16.8 Å². The summed E-state index contributed by atoms with van der Waals surface area (Å²) in [6.07, 6.45) is 3.87. The third kappa shape index (κ3) is 2.21. The topological polar surface area (TPSA) is 30.0 Å². The van der Waals surface area contributed by atoms with Gasteiger partial charge in [0.1, 0.15) is 0 Å². The molecule has 0 bridgehead atoms. The SMILES string of the molecule is CCC#CC(=O)c1ccncc1. The lowest BCUT2D eigenvalue weighted by Crippen LogP contribution is -1.93. The molecule has 0 aliphatic heterocycles. The minimum Gasteiger partial charge on any atom is -0.279 e. The molecule has 0 saturated carbocycles. The van der Waals surface area contributed by atoms with Gasteiger partial charge in [0.15, 0.2) is 0 Å². The highest BCUT2D eigenvalue weighted by Crippen LogP contribution is 1.96. The molecule has 1 aromatic heterocycles. The van der Waals surface area contributed by atoms with Gasteiger partial charge in [-0.25, -0.2) is 0 Å². The summed E-state index contributed by atoms with van der Waals surface area (Å²) in [7, 11) is 0.